The molecule has 0 bridgehead atoms. The van der Waals surface area contributed by atoms with Gasteiger partial charge in [-0.05, 0) is 30.2 Å². The Balaban J connectivity index is 1.66. The van der Waals surface area contributed by atoms with Gasteiger partial charge in [0, 0.05) is 0 Å². The van der Waals surface area contributed by atoms with Gasteiger partial charge in [0.05, 0.1) is 28.2 Å². The van der Waals surface area contributed by atoms with E-state index in [-0.39, 0.29) is 24.3 Å². The van der Waals surface area contributed by atoms with Crippen molar-refractivity contribution in [2.45, 2.75) is 26.4 Å². The predicted octanol–water partition coefficient (Wildman–Crippen LogP) is 3.29. The van der Waals surface area contributed by atoms with E-state index in [0.717, 1.165) is 11.0 Å². The van der Waals surface area contributed by atoms with Gasteiger partial charge in [0.25, 0.3) is 5.91 Å². The topological polar surface area (TPSA) is 86.9 Å². The van der Waals surface area contributed by atoms with Crippen LogP contribution >= 0.6 is 11.6 Å². The Kier molecular flexibility index (Phi) is 5.76. The van der Waals surface area contributed by atoms with Crippen LogP contribution in [0.4, 0.5) is 0 Å². The first-order valence-electron chi connectivity index (χ1n) is 8.72. The molecule has 0 aliphatic rings. The molecule has 6 nitrogen and oxygen atoms in total. The Hall–Kier alpha value is -2.86. The van der Waals surface area contributed by atoms with E-state index in [0.29, 0.717) is 16.4 Å². The number of aromatic amines is 1. The molecule has 3 rings (SSSR count). The summed E-state index contributed by atoms with van der Waals surface area (Å²) in [7, 11) is 0. The van der Waals surface area contributed by atoms with E-state index in [1.165, 1.54) is 0 Å². The molecule has 1 unspecified atom stereocenters. The quantitative estimate of drug-likeness (QED) is 0.609. The van der Waals surface area contributed by atoms with Gasteiger partial charge in [-0.2, -0.15) is 0 Å². The number of halogens is 1. The van der Waals surface area contributed by atoms with E-state index in [2.05, 4.69) is 20.6 Å². The molecular weight excluding hydrogens is 364 g/mol. The summed E-state index contributed by atoms with van der Waals surface area (Å²) in [6, 6.07) is 13.7. The van der Waals surface area contributed by atoms with Crippen LogP contribution < -0.4 is 10.6 Å². The summed E-state index contributed by atoms with van der Waals surface area (Å²) in [6.07, 6.45) is 0. The fourth-order valence-electron chi connectivity index (χ4n) is 2.77. The second-order valence-electron chi connectivity index (χ2n) is 6.59. The standard InChI is InChI=1S/C20H21ClN4O2/c1-12(2)18(25-19(26)13-7-3-4-8-14(13)21)20(27)22-11-17-23-15-9-5-6-10-16(15)24-17/h3-10,12,18H,11H2,1-2H3,(H,22,27)(H,23,24)(H,25,26). The first-order valence-corrected chi connectivity index (χ1v) is 9.10. The minimum atomic E-state index is -0.682. The average Bonchev–Trinajstić information content (AvgIpc) is 3.07. The van der Waals surface area contributed by atoms with E-state index < -0.39 is 6.04 Å². The molecule has 3 N–H and O–H groups in total. The number of para-hydroxylation sites is 2. The number of nitrogens with one attached hydrogen (secondary N) is 3. The molecule has 2 amide bonds. The third kappa shape index (κ3) is 4.46. The Morgan fingerprint density at radius 2 is 1.81 bits per heavy atom. The molecule has 3 aromatic rings. The van der Waals surface area contributed by atoms with Gasteiger partial charge in [0.2, 0.25) is 5.91 Å². The van der Waals surface area contributed by atoms with Gasteiger partial charge in [-0.25, -0.2) is 4.98 Å². The lowest BCUT2D eigenvalue weighted by molar-refractivity contribution is -0.124. The lowest BCUT2D eigenvalue weighted by Gasteiger charge is -2.21. The van der Waals surface area contributed by atoms with Gasteiger partial charge in [0.1, 0.15) is 11.9 Å². The maximum Gasteiger partial charge on any atom is 0.253 e. The van der Waals surface area contributed by atoms with Crippen LogP contribution in [-0.2, 0) is 11.3 Å². The summed E-state index contributed by atoms with van der Waals surface area (Å²) in [5.74, 6) is -0.0827. The molecule has 0 spiro atoms. The summed E-state index contributed by atoms with van der Waals surface area (Å²) in [6.45, 7) is 4.00. The highest BCUT2D eigenvalue weighted by Crippen LogP contribution is 2.16. The molecule has 140 valence electrons. The Bertz CT molecular complexity index is 934. The fourth-order valence-corrected chi connectivity index (χ4v) is 2.99. The number of carbonyl (C=O) groups excluding carboxylic acids is 2. The summed E-state index contributed by atoms with van der Waals surface area (Å²) in [5, 5.41) is 5.95. The van der Waals surface area contributed by atoms with Crippen LogP contribution in [0.2, 0.25) is 5.02 Å². The molecule has 1 heterocycles. The largest absolute Gasteiger partial charge is 0.347 e. The number of carbonyl (C=O) groups is 2. The molecule has 0 saturated heterocycles. The van der Waals surface area contributed by atoms with Crippen molar-refractivity contribution in [3.8, 4) is 0 Å². The van der Waals surface area contributed by atoms with Crippen molar-refractivity contribution in [3.05, 3.63) is 64.9 Å². The van der Waals surface area contributed by atoms with Crippen molar-refractivity contribution in [1.29, 1.82) is 0 Å². The monoisotopic (exact) mass is 384 g/mol. The molecule has 0 aliphatic carbocycles. The van der Waals surface area contributed by atoms with Crippen molar-refractivity contribution in [2.24, 2.45) is 5.92 Å². The third-order valence-corrected chi connectivity index (χ3v) is 4.55. The molecule has 0 fully saturated rings. The van der Waals surface area contributed by atoms with Crippen LogP contribution in [0.3, 0.4) is 0 Å². The minimum absolute atomic E-state index is 0.0906. The first-order chi connectivity index (χ1) is 13.0. The number of hydrogen-bond acceptors (Lipinski definition) is 3. The third-order valence-electron chi connectivity index (χ3n) is 4.22. The second-order valence-corrected chi connectivity index (χ2v) is 7.00. The number of imidazole rings is 1. The van der Waals surface area contributed by atoms with Gasteiger partial charge < -0.3 is 15.6 Å². The number of fused-ring (bicyclic) bond motifs is 1. The highest BCUT2D eigenvalue weighted by Gasteiger charge is 2.25. The van der Waals surface area contributed by atoms with E-state index >= 15 is 0 Å². The zero-order chi connectivity index (χ0) is 19.4. The van der Waals surface area contributed by atoms with E-state index in [1.54, 1.807) is 24.3 Å². The van der Waals surface area contributed by atoms with Crippen molar-refractivity contribution >= 4 is 34.4 Å². The lowest BCUT2D eigenvalue weighted by Crippen LogP contribution is -2.49. The summed E-state index contributed by atoms with van der Waals surface area (Å²) in [4.78, 5) is 32.7. The first kappa shape index (κ1) is 18.9. The SMILES string of the molecule is CC(C)C(NC(=O)c1ccccc1Cl)C(=O)NCc1nc2ccccc2[nH]1. The molecule has 0 saturated carbocycles. The van der Waals surface area contributed by atoms with Crippen molar-refractivity contribution < 1.29 is 9.59 Å². The molecule has 27 heavy (non-hydrogen) atoms. The molecule has 1 aromatic heterocycles. The number of nitrogens with zero attached hydrogens (tertiary/aromatic N) is 1. The number of H-pyrrole nitrogens is 1. The Morgan fingerprint density at radius 3 is 2.52 bits per heavy atom. The summed E-state index contributed by atoms with van der Waals surface area (Å²) >= 11 is 6.07. The number of aromatic nitrogens is 2. The molecule has 0 aliphatic heterocycles. The zero-order valence-electron chi connectivity index (χ0n) is 15.1. The smallest absolute Gasteiger partial charge is 0.253 e. The van der Waals surface area contributed by atoms with Crippen LogP contribution in [0.15, 0.2) is 48.5 Å². The van der Waals surface area contributed by atoms with Crippen molar-refractivity contribution in [3.63, 3.8) is 0 Å². The number of amides is 2. The van der Waals surface area contributed by atoms with Gasteiger partial charge in [0.15, 0.2) is 0 Å². The zero-order valence-corrected chi connectivity index (χ0v) is 15.9. The van der Waals surface area contributed by atoms with Gasteiger partial charge in [-0.3, -0.25) is 9.59 Å². The lowest BCUT2D eigenvalue weighted by atomic mass is 10.0. The number of rotatable bonds is 6. The van der Waals surface area contributed by atoms with Crippen LogP contribution in [0.1, 0.15) is 30.0 Å². The van der Waals surface area contributed by atoms with Crippen molar-refractivity contribution in [2.75, 3.05) is 0 Å². The maximum absolute atomic E-state index is 12.6. The fraction of sp³-hybridized carbons (Fsp3) is 0.250. The predicted molar refractivity (Wildman–Crippen MR) is 105 cm³/mol. The molecule has 7 heteroatoms. The van der Waals surface area contributed by atoms with Gasteiger partial charge in [-0.15, -0.1) is 0 Å². The van der Waals surface area contributed by atoms with E-state index in [9.17, 15) is 9.59 Å². The number of benzene rings is 2. The molecule has 1 atom stereocenters. The molecule has 0 radical (unpaired) electrons. The molecular formula is C20H21ClN4O2. The Labute approximate surface area is 162 Å². The van der Waals surface area contributed by atoms with Crippen LogP contribution in [0.25, 0.3) is 11.0 Å². The summed E-state index contributed by atoms with van der Waals surface area (Å²) < 4.78 is 0. The van der Waals surface area contributed by atoms with E-state index in [1.807, 2.05) is 38.1 Å². The number of hydrogen-bond donors (Lipinski definition) is 3. The Morgan fingerprint density at radius 1 is 1.11 bits per heavy atom. The second kappa shape index (κ2) is 8.22. The summed E-state index contributed by atoms with van der Waals surface area (Å²) in [5.41, 5.74) is 2.10. The van der Waals surface area contributed by atoms with Crippen molar-refractivity contribution in [1.82, 2.24) is 20.6 Å². The highest BCUT2D eigenvalue weighted by atomic mass is 35.5. The average molecular weight is 385 g/mol. The highest BCUT2D eigenvalue weighted by molar-refractivity contribution is 6.33. The normalized spacial score (nSPS) is 12.1. The maximum atomic E-state index is 12.6. The van der Waals surface area contributed by atoms with E-state index in [4.69, 9.17) is 11.6 Å². The van der Waals surface area contributed by atoms with Gasteiger partial charge >= 0.3 is 0 Å². The minimum Gasteiger partial charge on any atom is -0.347 e. The van der Waals surface area contributed by atoms with Crippen LogP contribution in [-0.4, -0.2) is 27.8 Å². The van der Waals surface area contributed by atoms with Gasteiger partial charge in [-0.1, -0.05) is 49.7 Å². The van der Waals surface area contributed by atoms with Crippen LogP contribution in [0, 0.1) is 5.92 Å². The van der Waals surface area contributed by atoms with Crippen LogP contribution in [0.5, 0.6) is 0 Å². The molecule has 2 aromatic carbocycles.